The fourth-order valence-electron chi connectivity index (χ4n) is 2.50. The van der Waals surface area contributed by atoms with Crippen molar-refractivity contribution in [2.45, 2.75) is 51.0 Å². The molecule has 1 aliphatic rings. The Kier molecular flexibility index (Phi) is 5.13. The van der Waals surface area contributed by atoms with Gasteiger partial charge in [0.05, 0.1) is 0 Å². The van der Waals surface area contributed by atoms with Crippen molar-refractivity contribution in [3.63, 3.8) is 0 Å². The van der Waals surface area contributed by atoms with Gasteiger partial charge >= 0.3 is 0 Å². The minimum Gasteiger partial charge on any atom is -0.473 e. The molecule has 0 aliphatic heterocycles. The number of rotatable bonds is 4. The van der Waals surface area contributed by atoms with Crippen molar-refractivity contribution >= 4 is 23.2 Å². The van der Waals surface area contributed by atoms with Crippen LogP contribution in [-0.2, 0) is 5.88 Å². The van der Waals surface area contributed by atoms with Gasteiger partial charge in [0.2, 0.25) is 5.88 Å². The summed E-state index contributed by atoms with van der Waals surface area (Å²) in [5, 5.41) is 0.562. The van der Waals surface area contributed by atoms with E-state index in [1.165, 1.54) is 19.3 Å². The molecule has 1 heterocycles. The topological polar surface area (TPSA) is 22.1 Å². The number of alkyl halides is 1. The van der Waals surface area contributed by atoms with Crippen LogP contribution in [-0.4, -0.2) is 11.1 Å². The smallest absolute Gasteiger partial charge is 0.232 e. The van der Waals surface area contributed by atoms with Crippen LogP contribution in [0, 0.1) is 5.92 Å². The number of nitrogens with zero attached hydrogens (tertiary/aromatic N) is 1. The third-order valence-corrected chi connectivity index (χ3v) is 4.19. The van der Waals surface area contributed by atoms with E-state index < -0.39 is 0 Å². The van der Waals surface area contributed by atoms with Gasteiger partial charge in [-0.15, -0.1) is 11.6 Å². The molecular formula is C14H19Cl2NO. The molecule has 4 heteroatoms. The highest BCUT2D eigenvalue weighted by molar-refractivity contribution is 6.32. The summed E-state index contributed by atoms with van der Waals surface area (Å²) in [5.41, 5.74) is 0.920. The van der Waals surface area contributed by atoms with Crippen LogP contribution in [0.2, 0.25) is 5.02 Å². The van der Waals surface area contributed by atoms with Crippen LogP contribution >= 0.6 is 23.2 Å². The van der Waals surface area contributed by atoms with E-state index in [1.807, 2.05) is 6.07 Å². The van der Waals surface area contributed by atoms with Crippen molar-refractivity contribution in [2.75, 3.05) is 0 Å². The highest BCUT2D eigenvalue weighted by Gasteiger charge is 2.23. The SMILES string of the molecule is CCC1CCCC(Oc2ncc(CCl)cc2Cl)C1. The maximum absolute atomic E-state index is 6.15. The molecule has 100 valence electrons. The number of aromatic nitrogens is 1. The van der Waals surface area contributed by atoms with E-state index in [0.29, 0.717) is 16.8 Å². The van der Waals surface area contributed by atoms with E-state index in [-0.39, 0.29) is 6.10 Å². The molecule has 1 fully saturated rings. The van der Waals surface area contributed by atoms with Crippen LogP contribution in [0.1, 0.15) is 44.6 Å². The van der Waals surface area contributed by atoms with Crippen LogP contribution in [0.15, 0.2) is 12.3 Å². The molecule has 0 spiro atoms. The van der Waals surface area contributed by atoms with Gasteiger partial charge in [0, 0.05) is 12.1 Å². The van der Waals surface area contributed by atoms with Gasteiger partial charge in [-0.1, -0.05) is 31.4 Å². The normalized spacial score (nSPS) is 23.9. The monoisotopic (exact) mass is 287 g/mol. The van der Waals surface area contributed by atoms with Crippen molar-refractivity contribution in [3.8, 4) is 5.88 Å². The second-order valence-corrected chi connectivity index (χ2v) is 5.62. The van der Waals surface area contributed by atoms with Crippen LogP contribution < -0.4 is 4.74 Å². The molecule has 1 aliphatic carbocycles. The molecule has 0 radical (unpaired) electrons. The van der Waals surface area contributed by atoms with Gasteiger partial charge in [0.1, 0.15) is 11.1 Å². The standard InChI is InChI=1S/C14H19Cl2NO/c1-2-10-4-3-5-12(6-10)18-14-13(16)7-11(8-15)9-17-14/h7,9-10,12H,2-6,8H2,1H3. The van der Waals surface area contributed by atoms with Gasteiger partial charge in [0.25, 0.3) is 0 Å². The predicted octanol–water partition coefficient (Wildman–Crippen LogP) is 4.82. The van der Waals surface area contributed by atoms with Crippen LogP contribution in [0.4, 0.5) is 0 Å². The molecule has 1 saturated carbocycles. The maximum atomic E-state index is 6.15. The van der Waals surface area contributed by atoms with Crippen molar-refractivity contribution < 1.29 is 4.74 Å². The predicted molar refractivity (Wildman–Crippen MR) is 75.5 cm³/mol. The van der Waals surface area contributed by atoms with Crippen molar-refractivity contribution in [1.82, 2.24) is 4.98 Å². The molecule has 0 N–H and O–H groups in total. The lowest BCUT2D eigenvalue weighted by atomic mass is 9.85. The van der Waals surface area contributed by atoms with E-state index in [1.54, 1.807) is 6.20 Å². The van der Waals surface area contributed by atoms with E-state index in [9.17, 15) is 0 Å². The zero-order valence-electron chi connectivity index (χ0n) is 10.7. The van der Waals surface area contributed by atoms with Crippen molar-refractivity contribution in [1.29, 1.82) is 0 Å². The Morgan fingerprint density at radius 2 is 2.28 bits per heavy atom. The second-order valence-electron chi connectivity index (χ2n) is 4.94. The Balaban J connectivity index is 2.00. The molecule has 1 aromatic rings. The Labute approximate surface area is 119 Å². The van der Waals surface area contributed by atoms with Crippen LogP contribution in [0.5, 0.6) is 5.88 Å². The summed E-state index contributed by atoms with van der Waals surface area (Å²) in [7, 11) is 0. The molecule has 0 bridgehead atoms. The summed E-state index contributed by atoms with van der Waals surface area (Å²) in [6.45, 7) is 2.24. The van der Waals surface area contributed by atoms with E-state index in [2.05, 4.69) is 11.9 Å². The average molecular weight is 288 g/mol. The number of ether oxygens (including phenoxy) is 1. The molecule has 2 unspecified atom stereocenters. The number of pyridine rings is 1. The van der Waals surface area contributed by atoms with E-state index >= 15 is 0 Å². The Hall–Kier alpha value is -0.470. The minimum atomic E-state index is 0.260. The molecule has 2 rings (SSSR count). The van der Waals surface area contributed by atoms with Gasteiger partial charge in [-0.05, 0) is 36.8 Å². The Morgan fingerprint density at radius 1 is 1.44 bits per heavy atom. The Bertz CT molecular complexity index is 397. The molecule has 2 nitrogen and oxygen atoms in total. The quantitative estimate of drug-likeness (QED) is 0.741. The summed E-state index contributed by atoms with van der Waals surface area (Å²) >= 11 is 11.9. The summed E-state index contributed by atoms with van der Waals surface area (Å²) in [4.78, 5) is 4.26. The van der Waals surface area contributed by atoms with Crippen molar-refractivity contribution in [3.05, 3.63) is 22.8 Å². The molecule has 1 aromatic heterocycles. The third kappa shape index (κ3) is 3.52. The van der Waals surface area contributed by atoms with Crippen LogP contribution in [0.25, 0.3) is 0 Å². The summed E-state index contributed by atoms with van der Waals surface area (Å²) in [6.07, 6.45) is 8.00. The van der Waals surface area contributed by atoms with Gasteiger partial charge in [-0.3, -0.25) is 0 Å². The van der Waals surface area contributed by atoms with Gasteiger partial charge in [0.15, 0.2) is 0 Å². The Morgan fingerprint density at radius 3 is 2.94 bits per heavy atom. The van der Waals surface area contributed by atoms with Crippen molar-refractivity contribution in [2.24, 2.45) is 5.92 Å². The second kappa shape index (κ2) is 6.63. The first-order chi connectivity index (χ1) is 8.72. The molecule has 0 aromatic carbocycles. The van der Waals surface area contributed by atoms with Gasteiger partial charge in [-0.2, -0.15) is 0 Å². The first-order valence-electron chi connectivity index (χ1n) is 6.60. The summed E-state index contributed by atoms with van der Waals surface area (Å²) < 4.78 is 5.93. The first-order valence-corrected chi connectivity index (χ1v) is 7.51. The lowest BCUT2D eigenvalue weighted by Crippen LogP contribution is -2.25. The molecule has 18 heavy (non-hydrogen) atoms. The fourth-order valence-corrected chi connectivity index (χ4v) is 2.88. The van der Waals surface area contributed by atoms with E-state index in [0.717, 1.165) is 24.3 Å². The number of halogens is 2. The molecule has 0 saturated heterocycles. The van der Waals surface area contributed by atoms with E-state index in [4.69, 9.17) is 27.9 Å². The van der Waals surface area contributed by atoms with Gasteiger partial charge in [-0.25, -0.2) is 4.98 Å². The third-order valence-electron chi connectivity index (χ3n) is 3.61. The number of hydrogen-bond acceptors (Lipinski definition) is 2. The fraction of sp³-hybridized carbons (Fsp3) is 0.643. The van der Waals surface area contributed by atoms with Gasteiger partial charge < -0.3 is 4.74 Å². The largest absolute Gasteiger partial charge is 0.473 e. The zero-order chi connectivity index (χ0) is 13.0. The molecule has 2 atom stereocenters. The highest BCUT2D eigenvalue weighted by atomic mass is 35.5. The number of hydrogen-bond donors (Lipinski definition) is 0. The molecule has 0 amide bonds. The van der Waals surface area contributed by atoms with Crippen LogP contribution in [0.3, 0.4) is 0 Å². The highest BCUT2D eigenvalue weighted by Crippen LogP contribution is 2.31. The lowest BCUT2D eigenvalue weighted by molar-refractivity contribution is 0.117. The summed E-state index contributed by atoms with van der Waals surface area (Å²) in [5.74, 6) is 1.76. The lowest BCUT2D eigenvalue weighted by Gasteiger charge is -2.28. The first kappa shape index (κ1) is 14.0. The average Bonchev–Trinajstić information content (AvgIpc) is 2.41. The molecular weight excluding hydrogens is 269 g/mol. The summed E-state index contributed by atoms with van der Waals surface area (Å²) in [6, 6.07) is 1.83. The minimum absolute atomic E-state index is 0.260. The maximum Gasteiger partial charge on any atom is 0.232 e. The zero-order valence-corrected chi connectivity index (χ0v) is 12.2.